The quantitative estimate of drug-likeness (QED) is 0.671. The van der Waals surface area contributed by atoms with E-state index in [2.05, 4.69) is 47.3 Å². The van der Waals surface area contributed by atoms with Crippen molar-refractivity contribution in [2.24, 2.45) is 0 Å². The van der Waals surface area contributed by atoms with Gasteiger partial charge in [0.15, 0.2) is 0 Å². The summed E-state index contributed by atoms with van der Waals surface area (Å²) in [6.45, 7) is 0.826. The van der Waals surface area contributed by atoms with Gasteiger partial charge < -0.3 is 4.90 Å². The fraction of sp³-hybridized carbons (Fsp3) is 0.105. The molecule has 3 heteroatoms. The summed E-state index contributed by atoms with van der Waals surface area (Å²) in [5.74, 6) is 0. The van der Waals surface area contributed by atoms with Crippen molar-refractivity contribution < 1.29 is 0 Å². The Labute approximate surface area is 136 Å². The first-order chi connectivity index (χ1) is 10.7. The van der Waals surface area contributed by atoms with Gasteiger partial charge in [-0.25, -0.2) is 0 Å². The van der Waals surface area contributed by atoms with Crippen molar-refractivity contribution in [3.8, 4) is 11.1 Å². The van der Waals surface area contributed by atoms with Crippen molar-refractivity contribution in [1.29, 1.82) is 0 Å². The maximum atomic E-state index is 5.96. The van der Waals surface area contributed by atoms with Gasteiger partial charge >= 0.3 is 0 Å². The average molecular weight is 309 g/mol. The third-order valence-electron chi connectivity index (χ3n) is 3.66. The summed E-state index contributed by atoms with van der Waals surface area (Å²) in [7, 11) is 2.09. The first kappa shape index (κ1) is 14.6. The topological polar surface area (TPSA) is 16.1 Å². The Morgan fingerprint density at radius 1 is 0.955 bits per heavy atom. The molecule has 0 aliphatic heterocycles. The van der Waals surface area contributed by atoms with E-state index in [0.717, 1.165) is 22.8 Å². The highest BCUT2D eigenvalue weighted by molar-refractivity contribution is 6.30. The van der Waals surface area contributed by atoms with Gasteiger partial charge in [0, 0.05) is 42.3 Å². The van der Waals surface area contributed by atoms with Gasteiger partial charge in [-0.1, -0.05) is 41.9 Å². The molecule has 0 aliphatic rings. The lowest BCUT2D eigenvalue weighted by atomic mass is 10.0. The van der Waals surface area contributed by atoms with Crippen LogP contribution in [0.25, 0.3) is 11.1 Å². The summed E-state index contributed by atoms with van der Waals surface area (Å²) < 4.78 is 0. The normalized spacial score (nSPS) is 10.5. The second-order valence-electron chi connectivity index (χ2n) is 5.23. The molecule has 0 spiro atoms. The molecule has 3 rings (SSSR count). The Morgan fingerprint density at radius 3 is 2.45 bits per heavy atom. The number of hydrogen-bond donors (Lipinski definition) is 0. The minimum atomic E-state index is 0.757. The number of anilines is 1. The molecule has 22 heavy (non-hydrogen) atoms. The summed E-state index contributed by atoms with van der Waals surface area (Å²) in [5.41, 5.74) is 4.78. The smallest absolute Gasteiger partial charge is 0.0432 e. The number of pyridine rings is 1. The molecule has 3 aromatic rings. The maximum Gasteiger partial charge on any atom is 0.0432 e. The largest absolute Gasteiger partial charge is 0.370 e. The Bertz CT molecular complexity index is 739. The molecule has 2 aromatic carbocycles. The van der Waals surface area contributed by atoms with E-state index >= 15 is 0 Å². The lowest BCUT2D eigenvalue weighted by molar-refractivity contribution is 0.925. The van der Waals surface area contributed by atoms with Crippen LogP contribution >= 0.6 is 11.6 Å². The van der Waals surface area contributed by atoms with Crippen LogP contribution in [0, 0.1) is 0 Å². The van der Waals surface area contributed by atoms with Gasteiger partial charge in [-0.3, -0.25) is 4.98 Å². The highest BCUT2D eigenvalue weighted by Gasteiger charge is 2.08. The van der Waals surface area contributed by atoms with Gasteiger partial charge in [0.05, 0.1) is 0 Å². The SMILES string of the molecule is CN(Cc1ccccc1-c1cccnc1)c1ccc(Cl)cc1. The van der Waals surface area contributed by atoms with Crippen LogP contribution in [0.3, 0.4) is 0 Å². The van der Waals surface area contributed by atoms with Crippen LogP contribution in [0.4, 0.5) is 5.69 Å². The third kappa shape index (κ3) is 3.29. The fourth-order valence-corrected chi connectivity index (χ4v) is 2.63. The molecule has 0 fully saturated rings. The molecule has 0 radical (unpaired) electrons. The van der Waals surface area contributed by atoms with E-state index in [-0.39, 0.29) is 0 Å². The molecule has 1 heterocycles. The van der Waals surface area contributed by atoms with Crippen LogP contribution in [0.2, 0.25) is 5.02 Å². The van der Waals surface area contributed by atoms with E-state index < -0.39 is 0 Å². The van der Waals surface area contributed by atoms with Crippen molar-refractivity contribution in [3.05, 3.63) is 83.6 Å². The molecule has 0 amide bonds. The van der Waals surface area contributed by atoms with Crippen LogP contribution in [-0.2, 0) is 6.54 Å². The molecule has 0 bridgehead atoms. The Kier molecular flexibility index (Phi) is 4.40. The molecule has 0 unspecified atom stereocenters. The van der Waals surface area contributed by atoms with E-state index in [1.807, 2.05) is 36.5 Å². The third-order valence-corrected chi connectivity index (χ3v) is 3.92. The number of halogens is 1. The number of benzene rings is 2. The molecule has 2 nitrogen and oxygen atoms in total. The summed E-state index contributed by atoms with van der Waals surface area (Å²) in [6.07, 6.45) is 3.70. The molecule has 1 aromatic heterocycles. The predicted molar refractivity (Wildman–Crippen MR) is 93.2 cm³/mol. The molecule has 0 aliphatic carbocycles. The molecular formula is C19H17ClN2. The van der Waals surface area contributed by atoms with Crippen molar-refractivity contribution >= 4 is 17.3 Å². The number of aromatic nitrogens is 1. The van der Waals surface area contributed by atoms with Crippen LogP contribution in [-0.4, -0.2) is 12.0 Å². The zero-order chi connectivity index (χ0) is 15.4. The summed E-state index contributed by atoms with van der Waals surface area (Å²) >= 11 is 5.96. The number of hydrogen-bond acceptors (Lipinski definition) is 2. The van der Waals surface area contributed by atoms with Crippen LogP contribution in [0.1, 0.15) is 5.56 Å². The van der Waals surface area contributed by atoms with Gasteiger partial charge in [0.1, 0.15) is 0 Å². The van der Waals surface area contributed by atoms with E-state index in [1.54, 1.807) is 6.20 Å². The fourth-order valence-electron chi connectivity index (χ4n) is 2.50. The first-order valence-electron chi connectivity index (χ1n) is 7.19. The second-order valence-corrected chi connectivity index (χ2v) is 5.67. The van der Waals surface area contributed by atoms with Gasteiger partial charge in [0.25, 0.3) is 0 Å². The molecule has 0 saturated carbocycles. The molecular weight excluding hydrogens is 292 g/mol. The van der Waals surface area contributed by atoms with E-state index in [9.17, 15) is 0 Å². The molecule has 110 valence electrons. The van der Waals surface area contributed by atoms with E-state index in [0.29, 0.717) is 0 Å². The Hall–Kier alpha value is -2.32. The zero-order valence-electron chi connectivity index (χ0n) is 12.4. The summed E-state index contributed by atoms with van der Waals surface area (Å²) in [6, 6.07) is 20.4. The van der Waals surface area contributed by atoms with Crippen molar-refractivity contribution in [2.45, 2.75) is 6.54 Å². The standard InChI is InChI=1S/C19H17ClN2/c1-22(18-10-8-17(20)9-11-18)14-16-5-2-3-7-19(16)15-6-4-12-21-13-15/h2-13H,14H2,1H3. The first-order valence-corrected chi connectivity index (χ1v) is 7.57. The molecule has 0 N–H and O–H groups in total. The minimum Gasteiger partial charge on any atom is -0.370 e. The Balaban J connectivity index is 1.88. The lowest BCUT2D eigenvalue weighted by Crippen LogP contribution is -2.16. The van der Waals surface area contributed by atoms with Crippen molar-refractivity contribution in [1.82, 2.24) is 4.98 Å². The summed E-state index contributed by atoms with van der Waals surface area (Å²) in [5, 5.41) is 0.757. The molecule has 0 saturated heterocycles. The van der Waals surface area contributed by atoms with Gasteiger partial charge in [-0.15, -0.1) is 0 Å². The zero-order valence-corrected chi connectivity index (χ0v) is 13.2. The van der Waals surface area contributed by atoms with E-state index in [4.69, 9.17) is 11.6 Å². The number of rotatable bonds is 4. The molecule has 0 atom stereocenters. The van der Waals surface area contributed by atoms with Crippen LogP contribution in [0.5, 0.6) is 0 Å². The second kappa shape index (κ2) is 6.63. The van der Waals surface area contributed by atoms with E-state index in [1.165, 1.54) is 11.1 Å². The highest BCUT2D eigenvalue weighted by Crippen LogP contribution is 2.25. The number of nitrogens with zero attached hydrogens (tertiary/aromatic N) is 2. The Morgan fingerprint density at radius 2 is 1.73 bits per heavy atom. The van der Waals surface area contributed by atoms with Gasteiger partial charge in [0.2, 0.25) is 0 Å². The minimum absolute atomic E-state index is 0.757. The van der Waals surface area contributed by atoms with Crippen LogP contribution < -0.4 is 4.90 Å². The highest BCUT2D eigenvalue weighted by atomic mass is 35.5. The lowest BCUT2D eigenvalue weighted by Gasteiger charge is -2.21. The summed E-state index contributed by atoms with van der Waals surface area (Å²) in [4.78, 5) is 6.43. The predicted octanol–water partition coefficient (Wildman–Crippen LogP) is 5.04. The maximum absolute atomic E-state index is 5.96. The van der Waals surface area contributed by atoms with Crippen LogP contribution in [0.15, 0.2) is 73.1 Å². The van der Waals surface area contributed by atoms with Gasteiger partial charge in [-0.05, 0) is 41.5 Å². The van der Waals surface area contributed by atoms with Gasteiger partial charge in [-0.2, -0.15) is 0 Å². The monoisotopic (exact) mass is 308 g/mol. The van der Waals surface area contributed by atoms with Crippen molar-refractivity contribution in [2.75, 3.05) is 11.9 Å². The van der Waals surface area contributed by atoms with Crippen molar-refractivity contribution in [3.63, 3.8) is 0 Å². The average Bonchev–Trinajstić information content (AvgIpc) is 2.57.